The molecule has 1 heterocycles. The molecule has 7 heteroatoms. The molecule has 1 aliphatic rings. The zero-order valence-electron chi connectivity index (χ0n) is 11.7. The molecular formula is C14H17F3N2O2. The summed E-state index contributed by atoms with van der Waals surface area (Å²) in [5.74, 6) is -4.19. The highest BCUT2D eigenvalue weighted by atomic mass is 19.2. The van der Waals surface area contributed by atoms with E-state index in [1.54, 1.807) is 4.90 Å². The second-order valence-electron chi connectivity index (χ2n) is 5.15. The molecule has 21 heavy (non-hydrogen) atoms. The molecule has 0 radical (unpaired) electrons. The second kappa shape index (κ2) is 6.44. The van der Waals surface area contributed by atoms with Crippen LogP contribution in [0.2, 0.25) is 0 Å². The van der Waals surface area contributed by atoms with E-state index in [1.165, 1.54) is 6.92 Å². The lowest BCUT2D eigenvalue weighted by atomic mass is 10.1. The van der Waals surface area contributed by atoms with Crippen LogP contribution in [0.3, 0.4) is 0 Å². The Balaban J connectivity index is 1.93. The molecular weight excluding hydrogens is 285 g/mol. The largest absolute Gasteiger partial charge is 0.384 e. The summed E-state index contributed by atoms with van der Waals surface area (Å²) in [7, 11) is 0. The van der Waals surface area contributed by atoms with Gasteiger partial charge >= 0.3 is 0 Å². The van der Waals surface area contributed by atoms with Crippen LogP contribution >= 0.6 is 0 Å². The molecule has 0 bridgehead atoms. The van der Waals surface area contributed by atoms with Gasteiger partial charge in [-0.15, -0.1) is 0 Å². The summed E-state index contributed by atoms with van der Waals surface area (Å²) in [5, 5.41) is 9.24. The SMILES string of the molecule is CC(O)C(=O)N1CCN(Cc2cc(F)c(F)c(F)c2)CC1. The van der Waals surface area contributed by atoms with Crippen molar-refractivity contribution in [3.05, 3.63) is 35.1 Å². The summed E-state index contributed by atoms with van der Waals surface area (Å²) < 4.78 is 39.1. The van der Waals surface area contributed by atoms with Crippen LogP contribution in [-0.2, 0) is 11.3 Å². The molecule has 1 N–H and O–H groups in total. The Kier molecular flexibility index (Phi) is 4.84. The Hall–Kier alpha value is -1.60. The molecule has 0 spiro atoms. The van der Waals surface area contributed by atoms with Gasteiger partial charge in [-0.3, -0.25) is 9.69 Å². The molecule has 1 fully saturated rings. The molecule has 1 aliphatic heterocycles. The molecule has 1 aromatic carbocycles. The smallest absolute Gasteiger partial charge is 0.251 e. The first-order chi connectivity index (χ1) is 9.88. The van der Waals surface area contributed by atoms with Crippen molar-refractivity contribution in [1.82, 2.24) is 9.80 Å². The van der Waals surface area contributed by atoms with Crippen LogP contribution in [0, 0.1) is 17.5 Å². The minimum Gasteiger partial charge on any atom is -0.384 e. The van der Waals surface area contributed by atoms with E-state index in [0.29, 0.717) is 31.7 Å². The van der Waals surface area contributed by atoms with Crippen LogP contribution in [0.4, 0.5) is 13.2 Å². The van der Waals surface area contributed by atoms with Crippen molar-refractivity contribution in [3.8, 4) is 0 Å². The van der Waals surface area contributed by atoms with Gasteiger partial charge in [0.05, 0.1) is 0 Å². The lowest BCUT2D eigenvalue weighted by Gasteiger charge is -2.35. The minimum absolute atomic E-state index is 0.283. The third kappa shape index (κ3) is 3.74. The number of piperazine rings is 1. The lowest BCUT2D eigenvalue weighted by molar-refractivity contribution is -0.141. The molecule has 116 valence electrons. The molecule has 1 atom stereocenters. The number of hydrogen-bond donors (Lipinski definition) is 1. The molecule has 0 aromatic heterocycles. The maximum Gasteiger partial charge on any atom is 0.251 e. The van der Waals surface area contributed by atoms with E-state index in [1.807, 2.05) is 4.90 Å². The fraction of sp³-hybridized carbons (Fsp3) is 0.500. The zero-order chi connectivity index (χ0) is 15.6. The summed E-state index contributed by atoms with van der Waals surface area (Å²) in [6, 6.07) is 1.96. The maximum atomic E-state index is 13.1. The van der Waals surface area contributed by atoms with Crippen LogP contribution in [0.15, 0.2) is 12.1 Å². The number of nitrogens with zero attached hydrogens (tertiary/aromatic N) is 2. The van der Waals surface area contributed by atoms with Crippen LogP contribution < -0.4 is 0 Å². The van der Waals surface area contributed by atoms with E-state index in [9.17, 15) is 23.1 Å². The standard InChI is InChI=1S/C14H17F3N2O2/c1-9(20)14(21)19-4-2-18(3-5-19)8-10-6-11(15)13(17)12(16)7-10/h6-7,9,20H,2-5,8H2,1H3. The number of rotatable bonds is 3. The molecule has 1 saturated heterocycles. The highest BCUT2D eigenvalue weighted by Gasteiger charge is 2.24. The Morgan fingerprint density at radius 3 is 2.19 bits per heavy atom. The van der Waals surface area contributed by atoms with Crippen molar-refractivity contribution in [2.75, 3.05) is 26.2 Å². The van der Waals surface area contributed by atoms with Crippen LogP contribution in [0.1, 0.15) is 12.5 Å². The van der Waals surface area contributed by atoms with Crippen molar-refractivity contribution >= 4 is 5.91 Å². The fourth-order valence-corrected chi connectivity index (χ4v) is 2.35. The molecule has 1 amide bonds. The number of halogens is 3. The summed E-state index contributed by atoms with van der Waals surface area (Å²) in [6.45, 7) is 3.63. The molecule has 1 aromatic rings. The van der Waals surface area contributed by atoms with Gasteiger partial charge in [0.25, 0.3) is 5.91 Å². The number of benzene rings is 1. The van der Waals surface area contributed by atoms with E-state index in [0.717, 1.165) is 12.1 Å². The predicted molar refractivity (Wildman–Crippen MR) is 69.9 cm³/mol. The monoisotopic (exact) mass is 302 g/mol. The molecule has 1 unspecified atom stereocenters. The Bertz CT molecular complexity index is 506. The van der Waals surface area contributed by atoms with Crippen molar-refractivity contribution in [3.63, 3.8) is 0 Å². The van der Waals surface area contributed by atoms with Crippen molar-refractivity contribution in [1.29, 1.82) is 0 Å². The first-order valence-corrected chi connectivity index (χ1v) is 6.71. The van der Waals surface area contributed by atoms with Gasteiger partial charge in [0, 0.05) is 32.7 Å². The van der Waals surface area contributed by atoms with Crippen molar-refractivity contribution in [2.45, 2.75) is 19.6 Å². The highest BCUT2D eigenvalue weighted by Crippen LogP contribution is 2.16. The van der Waals surface area contributed by atoms with Gasteiger partial charge in [0.1, 0.15) is 6.10 Å². The van der Waals surface area contributed by atoms with Crippen LogP contribution in [0.5, 0.6) is 0 Å². The summed E-state index contributed by atoms with van der Waals surface area (Å²) in [5.41, 5.74) is 0.349. The molecule has 0 saturated carbocycles. The third-order valence-electron chi connectivity index (χ3n) is 3.49. The first kappa shape index (κ1) is 15.8. The van der Waals surface area contributed by atoms with Crippen molar-refractivity contribution < 1.29 is 23.1 Å². The Labute approximate surface area is 120 Å². The highest BCUT2D eigenvalue weighted by molar-refractivity contribution is 5.80. The first-order valence-electron chi connectivity index (χ1n) is 6.71. The van der Waals surface area contributed by atoms with Crippen molar-refractivity contribution in [2.24, 2.45) is 0 Å². The van der Waals surface area contributed by atoms with Gasteiger partial charge in [0.15, 0.2) is 17.5 Å². The average Bonchev–Trinajstić information content (AvgIpc) is 2.44. The summed E-state index contributed by atoms with van der Waals surface area (Å²) in [6.07, 6.45) is -1.03. The van der Waals surface area contributed by atoms with Gasteiger partial charge < -0.3 is 10.0 Å². The normalized spacial score (nSPS) is 17.9. The van der Waals surface area contributed by atoms with Gasteiger partial charge in [-0.25, -0.2) is 13.2 Å². The van der Waals surface area contributed by atoms with Crippen LogP contribution in [-0.4, -0.2) is 53.1 Å². The molecule has 0 aliphatic carbocycles. The number of amides is 1. The molecule has 4 nitrogen and oxygen atoms in total. The number of aliphatic hydroxyl groups is 1. The zero-order valence-corrected chi connectivity index (χ0v) is 11.7. The topological polar surface area (TPSA) is 43.8 Å². The Morgan fingerprint density at radius 2 is 1.71 bits per heavy atom. The third-order valence-corrected chi connectivity index (χ3v) is 3.49. The lowest BCUT2D eigenvalue weighted by Crippen LogP contribution is -2.50. The van der Waals surface area contributed by atoms with E-state index in [4.69, 9.17) is 0 Å². The Morgan fingerprint density at radius 1 is 1.19 bits per heavy atom. The average molecular weight is 302 g/mol. The predicted octanol–water partition coefficient (Wildman–Crippen LogP) is 1.13. The van der Waals surface area contributed by atoms with Gasteiger partial charge in [-0.05, 0) is 24.6 Å². The minimum atomic E-state index is -1.47. The number of hydrogen-bond acceptors (Lipinski definition) is 3. The summed E-state index contributed by atoms with van der Waals surface area (Å²) >= 11 is 0. The quantitative estimate of drug-likeness (QED) is 0.851. The van der Waals surface area contributed by atoms with E-state index < -0.39 is 23.6 Å². The van der Waals surface area contributed by atoms with E-state index in [2.05, 4.69) is 0 Å². The van der Waals surface area contributed by atoms with E-state index in [-0.39, 0.29) is 12.5 Å². The van der Waals surface area contributed by atoms with Gasteiger partial charge in [-0.2, -0.15) is 0 Å². The number of carbonyl (C=O) groups excluding carboxylic acids is 1. The van der Waals surface area contributed by atoms with Gasteiger partial charge in [-0.1, -0.05) is 0 Å². The molecule has 2 rings (SSSR count). The number of aliphatic hydroxyl groups excluding tert-OH is 1. The summed E-state index contributed by atoms with van der Waals surface area (Å²) in [4.78, 5) is 15.1. The number of carbonyl (C=O) groups is 1. The van der Waals surface area contributed by atoms with Crippen LogP contribution in [0.25, 0.3) is 0 Å². The maximum absolute atomic E-state index is 13.1. The second-order valence-corrected chi connectivity index (χ2v) is 5.15. The van der Waals surface area contributed by atoms with E-state index >= 15 is 0 Å². The van der Waals surface area contributed by atoms with Gasteiger partial charge in [0.2, 0.25) is 0 Å². The fourth-order valence-electron chi connectivity index (χ4n) is 2.35.